The van der Waals surface area contributed by atoms with Crippen LogP contribution < -0.4 is 0 Å². The van der Waals surface area contributed by atoms with Crippen molar-refractivity contribution in [2.24, 2.45) is 17.8 Å². The van der Waals surface area contributed by atoms with Gasteiger partial charge in [-0.1, -0.05) is 44.9 Å². The number of para-hydroxylation sites is 1. The van der Waals surface area contributed by atoms with Gasteiger partial charge in [0, 0.05) is 42.5 Å². The van der Waals surface area contributed by atoms with Gasteiger partial charge in [-0.25, -0.2) is 9.59 Å². The molecule has 214 valence electrons. The van der Waals surface area contributed by atoms with Crippen LogP contribution in [0.4, 0.5) is 4.79 Å². The van der Waals surface area contributed by atoms with Gasteiger partial charge in [0.15, 0.2) is 0 Å². The first-order chi connectivity index (χ1) is 18.4. The Bertz CT molecular complexity index is 1200. The number of hydrogen-bond acceptors (Lipinski definition) is 5. The molecule has 2 aliphatic rings. The molecule has 4 unspecified atom stereocenters. The Balaban J connectivity index is 1.69. The second kappa shape index (κ2) is 11.6. The SMILES string of the molecule is COC(=O)C1Cc2c([nH]c3ccccc23)C(CC(C)C)N1C(=O)C1CCCCC1CN(C)C(=O)OC(C)(C)C. The van der Waals surface area contributed by atoms with Gasteiger partial charge in [-0.2, -0.15) is 0 Å². The van der Waals surface area contributed by atoms with E-state index in [1.165, 1.54) is 7.11 Å². The topological polar surface area (TPSA) is 91.9 Å². The number of rotatable bonds is 6. The minimum Gasteiger partial charge on any atom is -0.467 e. The average Bonchev–Trinajstić information content (AvgIpc) is 3.25. The number of aromatic nitrogens is 1. The Labute approximate surface area is 232 Å². The standard InChI is InChI=1S/C31H45N3O5/c1-19(2)16-25-27-23(22-14-10-11-15-24(22)32-27)17-26(29(36)38-7)34(25)28(35)21-13-9-8-12-20(21)18-33(6)30(37)39-31(3,4)5/h10-11,14-15,19-21,25-26,32H,8-9,12-13,16-18H2,1-7H3. The van der Waals surface area contributed by atoms with Gasteiger partial charge in [0.25, 0.3) is 0 Å². The molecular weight excluding hydrogens is 494 g/mol. The van der Waals surface area contributed by atoms with Crippen LogP contribution in [0.3, 0.4) is 0 Å². The van der Waals surface area contributed by atoms with Crippen LogP contribution in [0.5, 0.6) is 0 Å². The molecule has 1 N–H and O–H groups in total. The number of esters is 1. The third-order valence-corrected chi connectivity index (χ3v) is 8.11. The fourth-order valence-electron chi connectivity index (χ4n) is 6.40. The van der Waals surface area contributed by atoms with E-state index in [0.717, 1.165) is 54.3 Å². The fourth-order valence-corrected chi connectivity index (χ4v) is 6.40. The van der Waals surface area contributed by atoms with Crippen LogP contribution in [0.15, 0.2) is 24.3 Å². The van der Waals surface area contributed by atoms with Crippen molar-refractivity contribution in [2.75, 3.05) is 20.7 Å². The molecule has 2 amide bonds. The van der Waals surface area contributed by atoms with E-state index in [0.29, 0.717) is 18.9 Å². The number of methoxy groups -OCH3 is 1. The van der Waals surface area contributed by atoms with Gasteiger partial charge in [-0.05, 0) is 63.5 Å². The van der Waals surface area contributed by atoms with E-state index < -0.39 is 11.6 Å². The minimum atomic E-state index is -0.691. The van der Waals surface area contributed by atoms with Crippen LogP contribution in [-0.2, 0) is 25.5 Å². The van der Waals surface area contributed by atoms with E-state index in [1.807, 2.05) is 43.9 Å². The highest BCUT2D eigenvalue weighted by Gasteiger charge is 2.47. The zero-order valence-electron chi connectivity index (χ0n) is 24.6. The molecule has 0 spiro atoms. The van der Waals surface area contributed by atoms with Gasteiger partial charge in [0.1, 0.15) is 11.6 Å². The second-order valence-corrected chi connectivity index (χ2v) is 12.7. The number of amides is 2. The fraction of sp³-hybridized carbons (Fsp3) is 0.645. The van der Waals surface area contributed by atoms with Crippen LogP contribution in [0, 0.1) is 17.8 Å². The monoisotopic (exact) mass is 539 g/mol. The lowest BCUT2D eigenvalue weighted by atomic mass is 9.76. The highest BCUT2D eigenvalue weighted by atomic mass is 16.6. The summed E-state index contributed by atoms with van der Waals surface area (Å²) >= 11 is 0. The molecule has 1 fully saturated rings. The molecule has 0 radical (unpaired) electrons. The number of H-pyrrole nitrogens is 1. The molecular formula is C31H45N3O5. The molecule has 8 nitrogen and oxygen atoms in total. The van der Waals surface area contributed by atoms with Crippen molar-refractivity contribution in [2.45, 2.75) is 90.8 Å². The van der Waals surface area contributed by atoms with E-state index in [2.05, 4.69) is 24.9 Å². The van der Waals surface area contributed by atoms with Gasteiger partial charge < -0.3 is 24.3 Å². The van der Waals surface area contributed by atoms with E-state index in [1.54, 1.807) is 11.9 Å². The lowest BCUT2D eigenvalue weighted by Gasteiger charge is -2.45. The number of carbonyl (C=O) groups excluding carboxylic acids is 3. The van der Waals surface area contributed by atoms with Crippen LogP contribution in [-0.4, -0.2) is 65.1 Å². The van der Waals surface area contributed by atoms with Gasteiger partial charge >= 0.3 is 12.1 Å². The summed E-state index contributed by atoms with van der Waals surface area (Å²) in [5.41, 5.74) is 2.55. The largest absolute Gasteiger partial charge is 0.467 e. The van der Waals surface area contributed by atoms with Crippen molar-refractivity contribution in [1.29, 1.82) is 0 Å². The average molecular weight is 540 g/mol. The molecule has 1 aromatic carbocycles. The molecule has 2 aromatic rings. The van der Waals surface area contributed by atoms with Gasteiger partial charge in [0.2, 0.25) is 5.91 Å². The molecule has 39 heavy (non-hydrogen) atoms. The second-order valence-electron chi connectivity index (χ2n) is 12.7. The van der Waals surface area contributed by atoms with Crippen molar-refractivity contribution in [3.8, 4) is 0 Å². The van der Waals surface area contributed by atoms with E-state index in [4.69, 9.17) is 9.47 Å². The van der Waals surface area contributed by atoms with Gasteiger partial charge in [-0.3, -0.25) is 4.79 Å². The van der Waals surface area contributed by atoms with E-state index in [9.17, 15) is 14.4 Å². The molecule has 0 saturated heterocycles. The number of hydrogen-bond donors (Lipinski definition) is 1. The molecule has 4 rings (SSSR count). The Morgan fingerprint density at radius 1 is 1.13 bits per heavy atom. The summed E-state index contributed by atoms with van der Waals surface area (Å²) in [6, 6.07) is 7.17. The van der Waals surface area contributed by atoms with Crippen LogP contribution in [0.25, 0.3) is 10.9 Å². The molecule has 1 saturated carbocycles. The first-order valence-electron chi connectivity index (χ1n) is 14.3. The zero-order valence-corrected chi connectivity index (χ0v) is 24.6. The van der Waals surface area contributed by atoms with Crippen molar-refractivity contribution in [3.63, 3.8) is 0 Å². The molecule has 1 aliphatic carbocycles. The molecule has 1 aromatic heterocycles. The van der Waals surface area contributed by atoms with E-state index in [-0.39, 0.29) is 35.8 Å². The maximum absolute atomic E-state index is 14.6. The highest BCUT2D eigenvalue weighted by Crippen LogP contribution is 2.43. The van der Waals surface area contributed by atoms with Crippen LogP contribution in [0.1, 0.15) is 84.0 Å². The zero-order chi connectivity index (χ0) is 28.5. The first kappa shape index (κ1) is 29.0. The Hall–Kier alpha value is -3.03. The lowest BCUT2D eigenvalue weighted by Crippen LogP contribution is -2.55. The number of nitrogens with one attached hydrogen (secondary N) is 1. The van der Waals surface area contributed by atoms with E-state index >= 15 is 0 Å². The third kappa shape index (κ3) is 6.25. The van der Waals surface area contributed by atoms with Crippen LogP contribution >= 0.6 is 0 Å². The number of aromatic amines is 1. The summed E-state index contributed by atoms with van der Waals surface area (Å²) in [5, 5.41) is 1.09. The molecule has 2 heterocycles. The van der Waals surface area contributed by atoms with Crippen molar-refractivity contribution < 1.29 is 23.9 Å². The predicted molar refractivity (Wildman–Crippen MR) is 151 cm³/mol. The number of carbonyl (C=O) groups is 3. The quantitative estimate of drug-likeness (QED) is 0.465. The van der Waals surface area contributed by atoms with Gasteiger partial charge in [0.05, 0.1) is 13.2 Å². The lowest BCUT2D eigenvalue weighted by molar-refractivity contribution is -0.160. The predicted octanol–water partition coefficient (Wildman–Crippen LogP) is 5.85. The third-order valence-electron chi connectivity index (χ3n) is 8.11. The first-order valence-corrected chi connectivity index (χ1v) is 14.3. The van der Waals surface area contributed by atoms with Crippen molar-refractivity contribution in [1.82, 2.24) is 14.8 Å². The summed E-state index contributed by atoms with van der Waals surface area (Å²) in [7, 11) is 3.13. The summed E-state index contributed by atoms with van der Waals surface area (Å²) in [6.07, 6.45) is 4.32. The summed E-state index contributed by atoms with van der Waals surface area (Å²) < 4.78 is 10.8. The van der Waals surface area contributed by atoms with Gasteiger partial charge in [-0.15, -0.1) is 0 Å². The van der Waals surface area contributed by atoms with Crippen molar-refractivity contribution >= 4 is 28.9 Å². The normalized spacial score (nSPS) is 23.4. The van der Waals surface area contributed by atoms with Crippen LogP contribution in [0.2, 0.25) is 0 Å². The maximum atomic E-state index is 14.6. The number of fused-ring (bicyclic) bond motifs is 3. The smallest absolute Gasteiger partial charge is 0.410 e. The molecule has 0 bridgehead atoms. The maximum Gasteiger partial charge on any atom is 0.410 e. The molecule has 1 aliphatic heterocycles. The Morgan fingerprint density at radius 3 is 2.49 bits per heavy atom. The summed E-state index contributed by atoms with van der Waals surface area (Å²) in [4.78, 5) is 47.6. The number of benzene rings is 1. The minimum absolute atomic E-state index is 0.00845. The Morgan fingerprint density at radius 2 is 1.82 bits per heavy atom. The highest BCUT2D eigenvalue weighted by molar-refractivity contribution is 5.91. The molecule has 8 heteroatoms. The summed E-state index contributed by atoms with van der Waals surface area (Å²) in [6.45, 7) is 10.3. The number of nitrogens with zero attached hydrogens (tertiary/aromatic N) is 2. The summed E-state index contributed by atoms with van der Waals surface area (Å²) in [5.74, 6) is -0.377. The van der Waals surface area contributed by atoms with Crippen molar-refractivity contribution in [3.05, 3.63) is 35.5 Å². The Kier molecular flexibility index (Phi) is 8.62. The molecule has 4 atom stereocenters. The number of ether oxygens (including phenoxy) is 2.